The van der Waals surface area contributed by atoms with Crippen LogP contribution in [0.4, 0.5) is 11.4 Å². The second-order valence-electron chi connectivity index (χ2n) is 9.76. The van der Waals surface area contributed by atoms with Crippen molar-refractivity contribution in [2.24, 2.45) is 0 Å². The summed E-state index contributed by atoms with van der Waals surface area (Å²) in [6.45, 7) is 8.53. The molecule has 5 heterocycles. The van der Waals surface area contributed by atoms with Crippen molar-refractivity contribution in [2.45, 2.75) is 32.4 Å². The van der Waals surface area contributed by atoms with Crippen molar-refractivity contribution in [1.82, 2.24) is 29.7 Å². The number of aromatic amines is 1. The second kappa shape index (κ2) is 8.38. The van der Waals surface area contributed by atoms with Crippen LogP contribution in [0.5, 0.6) is 5.75 Å². The summed E-state index contributed by atoms with van der Waals surface area (Å²) in [6.07, 6.45) is 7.58. The largest absolute Gasteiger partial charge is 0.487 e. The average Bonchev–Trinajstić information content (AvgIpc) is 3.56. The topological polar surface area (TPSA) is 104 Å². The van der Waals surface area contributed by atoms with E-state index in [0.717, 1.165) is 67.5 Å². The molecule has 0 bridgehead atoms. The van der Waals surface area contributed by atoms with Crippen molar-refractivity contribution in [3.8, 4) is 5.75 Å². The summed E-state index contributed by atoms with van der Waals surface area (Å²) in [4.78, 5) is 22.4. The number of nitrogens with one attached hydrogen (secondary N) is 2. The number of carbonyl (C=O) groups is 1. The Morgan fingerprint density at radius 2 is 2.06 bits per heavy atom. The van der Waals surface area contributed by atoms with E-state index in [4.69, 9.17) is 4.74 Å². The van der Waals surface area contributed by atoms with Crippen LogP contribution in [0.1, 0.15) is 35.5 Å². The standard InChI is InChI=1S/C25H28N8O2/c1-25(2)14-17-12-20(29-24(34)19-15-28-33-7-3-5-26-23(19)33)21(13-22(17)35-25)32-10-8-31(9-11-32)16-18-4-6-27-30-18/h3-7,12-13,15H,8-11,14,16H2,1-2H3,(H,27,30)(H,29,34). The van der Waals surface area contributed by atoms with Gasteiger partial charge in [0.05, 0.1) is 17.6 Å². The molecule has 0 unspecified atom stereocenters. The molecule has 0 radical (unpaired) electrons. The highest BCUT2D eigenvalue weighted by molar-refractivity contribution is 6.09. The third-order valence-electron chi connectivity index (χ3n) is 6.62. The maximum Gasteiger partial charge on any atom is 0.261 e. The fourth-order valence-corrected chi connectivity index (χ4v) is 4.94. The third-order valence-corrected chi connectivity index (χ3v) is 6.62. The van der Waals surface area contributed by atoms with Crippen LogP contribution in [0.15, 0.2) is 49.1 Å². The molecular formula is C25H28N8O2. The van der Waals surface area contributed by atoms with Crippen LogP contribution in [0.25, 0.3) is 5.65 Å². The number of hydrogen-bond donors (Lipinski definition) is 2. The van der Waals surface area contributed by atoms with E-state index in [-0.39, 0.29) is 11.5 Å². The quantitative estimate of drug-likeness (QED) is 0.460. The Morgan fingerprint density at radius 1 is 1.20 bits per heavy atom. The number of nitrogens with zero attached hydrogens (tertiary/aromatic N) is 6. The van der Waals surface area contributed by atoms with Gasteiger partial charge in [0.15, 0.2) is 5.65 Å². The molecule has 0 spiro atoms. The summed E-state index contributed by atoms with van der Waals surface area (Å²) in [5.41, 5.74) is 4.68. The molecule has 0 atom stereocenters. The first kappa shape index (κ1) is 21.6. The Labute approximate surface area is 202 Å². The molecule has 4 aromatic rings. The monoisotopic (exact) mass is 472 g/mol. The lowest BCUT2D eigenvalue weighted by Gasteiger charge is -2.37. The zero-order valence-corrected chi connectivity index (χ0v) is 19.9. The van der Waals surface area contributed by atoms with Crippen molar-refractivity contribution in [1.29, 1.82) is 0 Å². The number of ether oxygens (including phenoxy) is 1. The maximum absolute atomic E-state index is 13.3. The van der Waals surface area contributed by atoms with Crippen molar-refractivity contribution in [3.63, 3.8) is 0 Å². The molecular weight excluding hydrogens is 444 g/mol. The molecule has 2 aliphatic rings. The van der Waals surface area contributed by atoms with Crippen LogP contribution in [0, 0.1) is 0 Å². The Hall–Kier alpha value is -3.92. The summed E-state index contributed by atoms with van der Waals surface area (Å²) in [7, 11) is 0. The van der Waals surface area contributed by atoms with E-state index in [1.165, 1.54) is 0 Å². The lowest BCUT2D eigenvalue weighted by atomic mass is 10.0. The van der Waals surface area contributed by atoms with Gasteiger partial charge < -0.3 is 15.0 Å². The first-order valence-corrected chi connectivity index (χ1v) is 11.9. The number of amides is 1. The number of benzene rings is 1. The van der Waals surface area contributed by atoms with E-state index in [9.17, 15) is 4.79 Å². The van der Waals surface area contributed by atoms with E-state index >= 15 is 0 Å². The summed E-state index contributed by atoms with van der Waals surface area (Å²) in [6, 6.07) is 7.94. The van der Waals surface area contributed by atoms with Gasteiger partial charge >= 0.3 is 0 Å². The number of anilines is 2. The smallest absolute Gasteiger partial charge is 0.261 e. The van der Waals surface area contributed by atoms with E-state index in [0.29, 0.717) is 11.2 Å². The Kier molecular flexibility index (Phi) is 5.18. The number of carbonyl (C=O) groups excluding carboxylic acids is 1. The van der Waals surface area contributed by atoms with E-state index in [1.807, 2.05) is 6.07 Å². The van der Waals surface area contributed by atoms with Gasteiger partial charge in [-0.1, -0.05) is 0 Å². The molecule has 180 valence electrons. The van der Waals surface area contributed by atoms with E-state index < -0.39 is 0 Å². The number of H-pyrrole nitrogens is 1. The summed E-state index contributed by atoms with van der Waals surface area (Å²) in [5, 5.41) is 14.5. The summed E-state index contributed by atoms with van der Waals surface area (Å²) < 4.78 is 7.83. The van der Waals surface area contributed by atoms with Gasteiger partial charge in [0.2, 0.25) is 0 Å². The highest BCUT2D eigenvalue weighted by Crippen LogP contribution is 2.42. The molecule has 2 aliphatic heterocycles. The zero-order chi connectivity index (χ0) is 24.0. The first-order valence-electron chi connectivity index (χ1n) is 11.9. The van der Waals surface area contributed by atoms with Gasteiger partial charge in [0, 0.05) is 75.1 Å². The molecule has 3 aromatic heterocycles. The minimum Gasteiger partial charge on any atom is -0.487 e. The number of fused-ring (bicyclic) bond motifs is 2. The van der Waals surface area contributed by atoms with Gasteiger partial charge in [-0.05, 0) is 32.0 Å². The van der Waals surface area contributed by atoms with Gasteiger partial charge in [-0.2, -0.15) is 10.2 Å². The SMILES string of the molecule is CC1(C)Cc2cc(NC(=O)c3cnn4cccnc34)c(N3CCN(Cc4ccn[nH]4)CC3)cc2O1. The highest BCUT2D eigenvalue weighted by Gasteiger charge is 2.32. The molecule has 1 aromatic carbocycles. The minimum absolute atomic E-state index is 0.226. The predicted octanol–water partition coefficient (Wildman–Crippen LogP) is 2.74. The molecule has 0 aliphatic carbocycles. The van der Waals surface area contributed by atoms with Crippen molar-refractivity contribution in [3.05, 3.63) is 65.9 Å². The number of piperazine rings is 1. The molecule has 10 nitrogen and oxygen atoms in total. The molecule has 1 amide bonds. The van der Waals surface area contributed by atoms with Crippen molar-refractivity contribution >= 4 is 22.9 Å². The number of hydrogen-bond acceptors (Lipinski definition) is 7. The van der Waals surface area contributed by atoms with Crippen LogP contribution in [0.2, 0.25) is 0 Å². The van der Waals surface area contributed by atoms with Crippen LogP contribution in [-0.2, 0) is 13.0 Å². The fraction of sp³-hybridized carbons (Fsp3) is 0.360. The molecule has 35 heavy (non-hydrogen) atoms. The van der Waals surface area contributed by atoms with Crippen molar-refractivity contribution < 1.29 is 9.53 Å². The molecule has 6 rings (SSSR count). The average molecular weight is 473 g/mol. The van der Waals surface area contributed by atoms with Crippen LogP contribution in [-0.4, -0.2) is 67.4 Å². The van der Waals surface area contributed by atoms with Gasteiger partial charge in [-0.25, -0.2) is 9.50 Å². The van der Waals surface area contributed by atoms with E-state index in [2.05, 4.69) is 61.4 Å². The van der Waals surface area contributed by atoms with Crippen LogP contribution in [0.3, 0.4) is 0 Å². The molecule has 2 N–H and O–H groups in total. The Balaban J connectivity index is 1.27. The predicted molar refractivity (Wildman–Crippen MR) is 132 cm³/mol. The molecule has 1 fully saturated rings. The number of rotatable bonds is 5. The van der Waals surface area contributed by atoms with Gasteiger partial charge in [-0.15, -0.1) is 0 Å². The van der Waals surface area contributed by atoms with Crippen molar-refractivity contribution in [2.75, 3.05) is 36.4 Å². The maximum atomic E-state index is 13.3. The highest BCUT2D eigenvalue weighted by atomic mass is 16.5. The van der Waals surface area contributed by atoms with Gasteiger partial charge in [0.1, 0.15) is 16.9 Å². The normalized spacial score (nSPS) is 17.4. The molecule has 10 heteroatoms. The summed E-state index contributed by atoms with van der Waals surface area (Å²) >= 11 is 0. The minimum atomic E-state index is -0.266. The van der Waals surface area contributed by atoms with Crippen LogP contribution < -0.4 is 15.0 Å². The van der Waals surface area contributed by atoms with Crippen LogP contribution >= 0.6 is 0 Å². The molecule has 0 saturated carbocycles. The van der Waals surface area contributed by atoms with E-state index in [1.54, 1.807) is 35.4 Å². The lowest BCUT2D eigenvalue weighted by molar-refractivity contribution is 0.102. The fourth-order valence-electron chi connectivity index (χ4n) is 4.94. The molecule has 1 saturated heterocycles. The van der Waals surface area contributed by atoms with Gasteiger partial charge in [0.25, 0.3) is 5.91 Å². The lowest BCUT2D eigenvalue weighted by Crippen LogP contribution is -2.46. The zero-order valence-electron chi connectivity index (χ0n) is 19.9. The number of aromatic nitrogens is 5. The second-order valence-corrected chi connectivity index (χ2v) is 9.76. The first-order chi connectivity index (χ1) is 16.9. The third kappa shape index (κ3) is 4.21. The van der Waals surface area contributed by atoms with Gasteiger partial charge in [-0.3, -0.25) is 14.8 Å². The Morgan fingerprint density at radius 3 is 2.86 bits per heavy atom. The Bertz CT molecular complexity index is 1370. The summed E-state index contributed by atoms with van der Waals surface area (Å²) in [5.74, 6) is 0.663.